The third-order valence-corrected chi connectivity index (χ3v) is 2.76. The molecule has 0 aliphatic rings. The van der Waals surface area contributed by atoms with Crippen LogP contribution in [0.3, 0.4) is 0 Å². The average Bonchev–Trinajstić information content (AvgIpc) is 2.40. The number of carbonyl (C=O) groups is 1. The van der Waals surface area contributed by atoms with E-state index in [4.69, 9.17) is 0 Å². The predicted octanol–water partition coefficient (Wildman–Crippen LogP) is 2.31. The highest BCUT2D eigenvalue weighted by Crippen LogP contribution is 2.06. The molecule has 0 radical (unpaired) electrons. The van der Waals surface area contributed by atoms with Crippen LogP contribution in [-0.4, -0.2) is 27.7 Å². The number of rotatable bonds is 5. The third-order valence-electron chi connectivity index (χ3n) is 2.76. The van der Waals surface area contributed by atoms with Crippen molar-refractivity contribution in [2.24, 2.45) is 0 Å². The van der Waals surface area contributed by atoms with Crippen molar-refractivity contribution in [3.05, 3.63) is 59.7 Å². The highest BCUT2D eigenvalue weighted by Gasteiger charge is 2.06. The van der Waals surface area contributed by atoms with Crippen LogP contribution in [0.2, 0.25) is 0 Å². The standard InChI is InChI=1S/C15H17N3O/c1-12(19)15-8-5-7-14(17-15)11-18(2)10-13-6-3-4-9-16-13/h3-9H,10-11H2,1-2H3. The van der Waals surface area contributed by atoms with Crippen molar-refractivity contribution in [3.8, 4) is 0 Å². The number of carbonyl (C=O) groups excluding carboxylic acids is 1. The zero-order valence-electron chi connectivity index (χ0n) is 11.2. The summed E-state index contributed by atoms with van der Waals surface area (Å²) in [6.45, 7) is 2.98. The van der Waals surface area contributed by atoms with Crippen LogP contribution in [0.15, 0.2) is 42.6 Å². The van der Waals surface area contributed by atoms with Crippen LogP contribution in [0.5, 0.6) is 0 Å². The molecule has 0 N–H and O–H groups in total. The largest absolute Gasteiger partial charge is 0.295 e. The molecular formula is C15H17N3O. The molecule has 98 valence electrons. The van der Waals surface area contributed by atoms with Crippen LogP contribution in [0.1, 0.15) is 28.8 Å². The molecule has 0 aliphatic carbocycles. The van der Waals surface area contributed by atoms with Gasteiger partial charge in [0.15, 0.2) is 5.78 Å². The molecule has 4 nitrogen and oxygen atoms in total. The molecule has 0 spiro atoms. The van der Waals surface area contributed by atoms with Crippen molar-refractivity contribution in [2.75, 3.05) is 7.05 Å². The van der Waals surface area contributed by atoms with Crippen LogP contribution in [0, 0.1) is 0 Å². The van der Waals surface area contributed by atoms with Crippen LogP contribution >= 0.6 is 0 Å². The van der Waals surface area contributed by atoms with E-state index in [1.165, 1.54) is 6.92 Å². The summed E-state index contributed by atoms with van der Waals surface area (Å²) in [4.78, 5) is 22.0. The van der Waals surface area contributed by atoms with Crippen LogP contribution in [-0.2, 0) is 13.1 Å². The SMILES string of the molecule is CC(=O)c1cccc(CN(C)Cc2ccccn2)n1. The fraction of sp³-hybridized carbons (Fsp3) is 0.267. The highest BCUT2D eigenvalue weighted by atomic mass is 16.1. The molecule has 0 bridgehead atoms. The summed E-state index contributed by atoms with van der Waals surface area (Å²) in [6.07, 6.45) is 1.79. The highest BCUT2D eigenvalue weighted by molar-refractivity contribution is 5.92. The first-order valence-electron chi connectivity index (χ1n) is 6.20. The number of hydrogen-bond donors (Lipinski definition) is 0. The van der Waals surface area contributed by atoms with E-state index in [1.54, 1.807) is 12.3 Å². The summed E-state index contributed by atoms with van der Waals surface area (Å²) < 4.78 is 0. The first kappa shape index (κ1) is 13.4. The zero-order valence-corrected chi connectivity index (χ0v) is 11.2. The van der Waals surface area contributed by atoms with Crippen molar-refractivity contribution in [1.29, 1.82) is 0 Å². The van der Waals surface area contributed by atoms with Gasteiger partial charge >= 0.3 is 0 Å². The molecule has 0 aliphatic heterocycles. The Hall–Kier alpha value is -2.07. The van der Waals surface area contributed by atoms with Crippen LogP contribution < -0.4 is 0 Å². The molecule has 19 heavy (non-hydrogen) atoms. The van der Waals surface area contributed by atoms with Gasteiger partial charge in [0.25, 0.3) is 0 Å². The summed E-state index contributed by atoms with van der Waals surface area (Å²) in [6, 6.07) is 11.4. The second-order valence-corrected chi connectivity index (χ2v) is 4.56. The lowest BCUT2D eigenvalue weighted by Crippen LogP contribution is -2.19. The Kier molecular flexibility index (Phi) is 4.36. The van der Waals surface area contributed by atoms with E-state index in [-0.39, 0.29) is 5.78 Å². The molecule has 0 saturated carbocycles. The maximum absolute atomic E-state index is 11.3. The monoisotopic (exact) mass is 255 g/mol. The van der Waals surface area contributed by atoms with Gasteiger partial charge in [-0.15, -0.1) is 0 Å². The summed E-state index contributed by atoms with van der Waals surface area (Å²) in [5.41, 5.74) is 2.43. The zero-order chi connectivity index (χ0) is 13.7. The van der Waals surface area contributed by atoms with Gasteiger partial charge in [-0.2, -0.15) is 0 Å². The van der Waals surface area contributed by atoms with Gasteiger partial charge in [0.2, 0.25) is 0 Å². The predicted molar refractivity (Wildman–Crippen MR) is 73.6 cm³/mol. The number of ketones is 1. The van der Waals surface area contributed by atoms with Gasteiger partial charge in [-0.1, -0.05) is 12.1 Å². The minimum absolute atomic E-state index is 0.00534. The minimum Gasteiger partial charge on any atom is -0.295 e. The normalized spacial score (nSPS) is 10.7. The van der Waals surface area contributed by atoms with Gasteiger partial charge in [0, 0.05) is 26.2 Å². The number of aromatic nitrogens is 2. The summed E-state index contributed by atoms with van der Waals surface area (Å²) >= 11 is 0. The lowest BCUT2D eigenvalue weighted by Gasteiger charge is -2.15. The molecule has 0 unspecified atom stereocenters. The van der Waals surface area contributed by atoms with E-state index in [2.05, 4.69) is 14.9 Å². The average molecular weight is 255 g/mol. The first-order valence-corrected chi connectivity index (χ1v) is 6.20. The van der Waals surface area contributed by atoms with Crippen molar-refractivity contribution in [2.45, 2.75) is 20.0 Å². The Morgan fingerprint density at radius 3 is 2.53 bits per heavy atom. The Labute approximate surface area is 113 Å². The van der Waals surface area contributed by atoms with Gasteiger partial charge in [0.05, 0.1) is 11.4 Å². The molecule has 0 saturated heterocycles. The number of hydrogen-bond acceptors (Lipinski definition) is 4. The van der Waals surface area contributed by atoms with Crippen molar-refractivity contribution in [1.82, 2.24) is 14.9 Å². The fourth-order valence-electron chi connectivity index (χ4n) is 1.86. The molecule has 2 heterocycles. The van der Waals surface area contributed by atoms with E-state index in [0.29, 0.717) is 12.2 Å². The van der Waals surface area contributed by atoms with Crippen LogP contribution in [0.4, 0.5) is 0 Å². The molecule has 2 aromatic heterocycles. The number of nitrogens with zero attached hydrogens (tertiary/aromatic N) is 3. The van der Waals surface area contributed by atoms with E-state index in [9.17, 15) is 4.79 Å². The quantitative estimate of drug-likeness (QED) is 0.769. The van der Waals surface area contributed by atoms with Gasteiger partial charge in [-0.3, -0.25) is 14.7 Å². The molecule has 2 aromatic rings. The maximum Gasteiger partial charge on any atom is 0.178 e. The van der Waals surface area contributed by atoms with E-state index in [1.807, 2.05) is 37.4 Å². The second-order valence-electron chi connectivity index (χ2n) is 4.56. The molecule has 0 atom stereocenters. The molecular weight excluding hydrogens is 238 g/mol. The van der Waals surface area contributed by atoms with Gasteiger partial charge in [0.1, 0.15) is 5.69 Å². The van der Waals surface area contributed by atoms with Crippen molar-refractivity contribution >= 4 is 5.78 Å². The number of Topliss-reactive ketones (excluding diaryl/α,β-unsaturated/α-hetero) is 1. The smallest absolute Gasteiger partial charge is 0.178 e. The van der Waals surface area contributed by atoms with Gasteiger partial charge in [-0.05, 0) is 31.3 Å². The summed E-state index contributed by atoms with van der Waals surface area (Å²) in [5, 5.41) is 0. The summed E-state index contributed by atoms with van der Waals surface area (Å²) in [7, 11) is 2.01. The lowest BCUT2D eigenvalue weighted by atomic mass is 10.2. The van der Waals surface area contributed by atoms with E-state index in [0.717, 1.165) is 17.9 Å². The molecule has 4 heteroatoms. The molecule has 0 amide bonds. The topological polar surface area (TPSA) is 46.1 Å². The summed E-state index contributed by atoms with van der Waals surface area (Å²) in [5.74, 6) is -0.00534. The van der Waals surface area contributed by atoms with E-state index >= 15 is 0 Å². The first-order chi connectivity index (χ1) is 9.15. The van der Waals surface area contributed by atoms with Gasteiger partial charge < -0.3 is 0 Å². The molecule has 2 rings (SSSR count). The Morgan fingerprint density at radius 2 is 1.84 bits per heavy atom. The molecule has 0 aromatic carbocycles. The second kappa shape index (κ2) is 6.20. The lowest BCUT2D eigenvalue weighted by molar-refractivity contribution is 0.101. The Balaban J connectivity index is 2.01. The maximum atomic E-state index is 11.3. The molecule has 0 fully saturated rings. The minimum atomic E-state index is -0.00534. The Morgan fingerprint density at radius 1 is 1.11 bits per heavy atom. The third kappa shape index (κ3) is 3.96. The van der Waals surface area contributed by atoms with Crippen molar-refractivity contribution in [3.63, 3.8) is 0 Å². The van der Waals surface area contributed by atoms with Crippen LogP contribution in [0.25, 0.3) is 0 Å². The van der Waals surface area contributed by atoms with Crippen molar-refractivity contribution < 1.29 is 4.79 Å². The van der Waals surface area contributed by atoms with E-state index < -0.39 is 0 Å². The fourth-order valence-corrected chi connectivity index (χ4v) is 1.86. The van der Waals surface area contributed by atoms with Gasteiger partial charge in [-0.25, -0.2) is 4.98 Å². The number of pyridine rings is 2. The Bertz CT molecular complexity index is 554.